The van der Waals surface area contributed by atoms with Crippen LogP contribution in [-0.2, 0) is 22.2 Å². The van der Waals surface area contributed by atoms with Gasteiger partial charge in [-0.2, -0.15) is 13.2 Å². The van der Waals surface area contributed by atoms with Gasteiger partial charge in [0.25, 0.3) is 0 Å². The average molecular weight is 289 g/mol. The SMILES string of the molecule is CCC(NC(=O)Cc1cccc(C(F)(F)F)c1)C(=O)O. The highest BCUT2D eigenvalue weighted by atomic mass is 19.4. The minimum Gasteiger partial charge on any atom is -0.480 e. The van der Waals surface area contributed by atoms with E-state index in [9.17, 15) is 22.8 Å². The van der Waals surface area contributed by atoms with E-state index in [-0.39, 0.29) is 18.4 Å². The number of alkyl halides is 3. The molecule has 0 saturated heterocycles. The first-order chi connectivity index (χ1) is 9.24. The Labute approximate surface area is 113 Å². The fourth-order valence-corrected chi connectivity index (χ4v) is 1.63. The second kappa shape index (κ2) is 6.40. The highest BCUT2D eigenvalue weighted by molar-refractivity contribution is 5.84. The molecule has 1 rings (SSSR count). The minimum atomic E-state index is -4.47. The lowest BCUT2D eigenvalue weighted by Crippen LogP contribution is -2.40. The number of nitrogens with one attached hydrogen (secondary N) is 1. The predicted octanol–water partition coefficient (Wildman–Crippen LogP) is 2.23. The van der Waals surface area contributed by atoms with Crippen LogP contribution in [0, 0.1) is 0 Å². The summed E-state index contributed by atoms with van der Waals surface area (Å²) in [4.78, 5) is 22.3. The van der Waals surface area contributed by atoms with Crippen molar-refractivity contribution in [3.63, 3.8) is 0 Å². The number of hydrogen-bond acceptors (Lipinski definition) is 2. The molecule has 0 aliphatic rings. The van der Waals surface area contributed by atoms with Gasteiger partial charge in [0.05, 0.1) is 12.0 Å². The smallest absolute Gasteiger partial charge is 0.416 e. The Morgan fingerprint density at radius 1 is 1.35 bits per heavy atom. The number of carboxylic acids is 1. The molecule has 7 heteroatoms. The summed E-state index contributed by atoms with van der Waals surface area (Å²) in [6.07, 6.45) is -4.57. The lowest BCUT2D eigenvalue weighted by atomic mass is 10.1. The van der Waals surface area contributed by atoms with E-state index in [0.29, 0.717) is 0 Å². The highest BCUT2D eigenvalue weighted by Crippen LogP contribution is 2.29. The summed E-state index contributed by atoms with van der Waals surface area (Å²) in [7, 11) is 0. The third kappa shape index (κ3) is 4.56. The van der Waals surface area contributed by atoms with Crippen molar-refractivity contribution in [3.8, 4) is 0 Å². The van der Waals surface area contributed by atoms with Gasteiger partial charge in [-0.1, -0.05) is 25.1 Å². The molecule has 1 aromatic rings. The highest BCUT2D eigenvalue weighted by Gasteiger charge is 2.30. The van der Waals surface area contributed by atoms with E-state index in [1.807, 2.05) is 0 Å². The monoisotopic (exact) mass is 289 g/mol. The van der Waals surface area contributed by atoms with Gasteiger partial charge in [-0.05, 0) is 18.1 Å². The third-order valence-electron chi connectivity index (χ3n) is 2.66. The number of amides is 1. The van der Waals surface area contributed by atoms with E-state index < -0.39 is 29.7 Å². The van der Waals surface area contributed by atoms with E-state index in [1.54, 1.807) is 6.92 Å². The van der Waals surface area contributed by atoms with E-state index >= 15 is 0 Å². The standard InChI is InChI=1S/C13H14F3NO3/c1-2-10(12(19)20)17-11(18)7-8-4-3-5-9(6-8)13(14,15)16/h3-6,10H,2,7H2,1H3,(H,17,18)(H,19,20). The van der Waals surface area contributed by atoms with Gasteiger partial charge in [0.1, 0.15) is 6.04 Å². The summed E-state index contributed by atoms with van der Waals surface area (Å²) in [6.45, 7) is 1.59. The second-order valence-corrected chi connectivity index (χ2v) is 4.24. The van der Waals surface area contributed by atoms with Crippen LogP contribution < -0.4 is 5.32 Å². The summed E-state index contributed by atoms with van der Waals surface area (Å²) < 4.78 is 37.5. The largest absolute Gasteiger partial charge is 0.480 e. The second-order valence-electron chi connectivity index (χ2n) is 4.24. The quantitative estimate of drug-likeness (QED) is 0.873. The maximum absolute atomic E-state index is 12.5. The number of benzene rings is 1. The van der Waals surface area contributed by atoms with Crippen LogP contribution >= 0.6 is 0 Å². The maximum atomic E-state index is 12.5. The molecular weight excluding hydrogens is 275 g/mol. The lowest BCUT2D eigenvalue weighted by Gasteiger charge is -2.13. The molecule has 1 aromatic carbocycles. The Kier molecular flexibility index (Phi) is 5.12. The Morgan fingerprint density at radius 2 is 2.00 bits per heavy atom. The zero-order chi connectivity index (χ0) is 15.3. The minimum absolute atomic E-state index is 0.178. The topological polar surface area (TPSA) is 66.4 Å². The third-order valence-corrected chi connectivity index (χ3v) is 2.66. The van der Waals surface area contributed by atoms with Crippen molar-refractivity contribution in [1.82, 2.24) is 5.32 Å². The summed E-state index contributed by atoms with van der Waals surface area (Å²) >= 11 is 0. The van der Waals surface area contributed by atoms with Gasteiger partial charge in [-0.15, -0.1) is 0 Å². The van der Waals surface area contributed by atoms with Crippen molar-refractivity contribution in [2.75, 3.05) is 0 Å². The van der Waals surface area contributed by atoms with Crippen molar-refractivity contribution >= 4 is 11.9 Å². The number of aliphatic carboxylic acids is 1. The number of rotatable bonds is 5. The molecule has 0 aromatic heterocycles. The van der Waals surface area contributed by atoms with Crippen LogP contribution in [0.4, 0.5) is 13.2 Å². The van der Waals surface area contributed by atoms with Crippen LogP contribution in [0.15, 0.2) is 24.3 Å². The van der Waals surface area contributed by atoms with Gasteiger partial charge in [-0.25, -0.2) is 4.79 Å². The molecule has 1 amide bonds. The molecule has 0 fully saturated rings. The van der Waals surface area contributed by atoms with E-state index in [4.69, 9.17) is 5.11 Å². The van der Waals surface area contributed by atoms with Crippen molar-refractivity contribution < 1.29 is 27.9 Å². The van der Waals surface area contributed by atoms with Gasteiger partial charge < -0.3 is 10.4 Å². The zero-order valence-electron chi connectivity index (χ0n) is 10.7. The molecule has 1 unspecified atom stereocenters. The summed E-state index contributed by atoms with van der Waals surface area (Å²) in [6, 6.07) is 3.35. The summed E-state index contributed by atoms with van der Waals surface area (Å²) in [5.74, 6) is -1.80. The molecule has 0 saturated carbocycles. The Morgan fingerprint density at radius 3 is 2.50 bits per heavy atom. The normalized spacial score (nSPS) is 12.8. The first-order valence-electron chi connectivity index (χ1n) is 5.92. The van der Waals surface area contributed by atoms with Gasteiger partial charge in [0.2, 0.25) is 5.91 Å². The van der Waals surface area contributed by atoms with Crippen LogP contribution in [0.5, 0.6) is 0 Å². The maximum Gasteiger partial charge on any atom is 0.416 e. The molecule has 20 heavy (non-hydrogen) atoms. The fraction of sp³-hybridized carbons (Fsp3) is 0.385. The molecular formula is C13H14F3NO3. The Bertz CT molecular complexity index is 500. The number of carbonyl (C=O) groups is 2. The zero-order valence-corrected chi connectivity index (χ0v) is 10.7. The van der Waals surface area contributed by atoms with Gasteiger partial charge in [0.15, 0.2) is 0 Å². The van der Waals surface area contributed by atoms with E-state index in [1.165, 1.54) is 12.1 Å². The van der Waals surface area contributed by atoms with Crippen LogP contribution in [-0.4, -0.2) is 23.0 Å². The molecule has 1 atom stereocenters. The molecule has 0 radical (unpaired) electrons. The fourth-order valence-electron chi connectivity index (χ4n) is 1.63. The molecule has 0 bridgehead atoms. The van der Waals surface area contributed by atoms with Crippen LogP contribution in [0.2, 0.25) is 0 Å². The molecule has 0 aliphatic carbocycles. The van der Waals surface area contributed by atoms with Gasteiger partial charge >= 0.3 is 12.1 Å². The van der Waals surface area contributed by atoms with Crippen molar-refractivity contribution in [3.05, 3.63) is 35.4 Å². The Hall–Kier alpha value is -2.05. The molecule has 0 spiro atoms. The molecule has 110 valence electrons. The molecule has 0 aliphatic heterocycles. The van der Waals surface area contributed by atoms with Crippen LogP contribution in [0.3, 0.4) is 0 Å². The van der Waals surface area contributed by atoms with Crippen molar-refractivity contribution in [2.24, 2.45) is 0 Å². The number of halogens is 3. The first kappa shape index (κ1) is 16.0. The first-order valence-corrected chi connectivity index (χ1v) is 5.92. The lowest BCUT2D eigenvalue weighted by molar-refractivity contribution is -0.141. The predicted molar refractivity (Wildman–Crippen MR) is 65.0 cm³/mol. The molecule has 2 N–H and O–H groups in total. The average Bonchev–Trinajstić information content (AvgIpc) is 2.34. The van der Waals surface area contributed by atoms with E-state index in [0.717, 1.165) is 12.1 Å². The summed E-state index contributed by atoms with van der Waals surface area (Å²) in [5.41, 5.74) is -0.661. The molecule has 0 heterocycles. The van der Waals surface area contributed by atoms with Gasteiger partial charge in [0, 0.05) is 0 Å². The summed E-state index contributed by atoms with van der Waals surface area (Å²) in [5, 5.41) is 11.0. The van der Waals surface area contributed by atoms with Crippen molar-refractivity contribution in [1.29, 1.82) is 0 Å². The van der Waals surface area contributed by atoms with Crippen LogP contribution in [0.25, 0.3) is 0 Å². The number of hydrogen-bond donors (Lipinski definition) is 2. The molecule has 4 nitrogen and oxygen atoms in total. The van der Waals surface area contributed by atoms with Crippen LogP contribution in [0.1, 0.15) is 24.5 Å². The van der Waals surface area contributed by atoms with Crippen molar-refractivity contribution in [2.45, 2.75) is 32.0 Å². The number of carbonyl (C=O) groups excluding carboxylic acids is 1. The Balaban J connectivity index is 2.74. The van der Waals surface area contributed by atoms with E-state index in [2.05, 4.69) is 5.32 Å². The number of carboxylic acid groups (broad SMARTS) is 1. The van der Waals surface area contributed by atoms with Gasteiger partial charge in [-0.3, -0.25) is 4.79 Å².